The Bertz CT molecular complexity index is 578. The average molecular weight is 287 g/mol. The summed E-state index contributed by atoms with van der Waals surface area (Å²) in [4.78, 5) is 7.10. The molecule has 1 atom stereocenters. The standard InChI is InChI=1S/C17H25N3O/c1-13(2)11-18-12-14-5-3-4-9-20(14)17-15-7-10-21-16(15)6-8-19-17/h6-8,10,13-14,18H,3-5,9,11-12H2,1-2H3. The molecule has 114 valence electrons. The Morgan fingerprint density at radius 2 is 2.29 bits per heavy atom. The summed E-state index contributed by atoms with van der Waals surface area (Å²) in [5.41, 5.74) is 0.930. The van der Waals surface area contributed by atoms with Crippen LogP contribution < -0.4 is 10.2 Å². The summed E-state index contributed by atoms with van der Waals surface area (Å²) < 4.78 is 5.51. The molecule has 0 spiro atoms. The first-order valence-corrected chi connectivity index (χ1v) is 8.05. The van der Waals surface area contributed by atoms with Gasteiger partial charge in [-0.25, -0.2) is 4.98 Å². The monoisotopic (exact) mass is 287 g/mol. The highest BCUT2D eigenvalue weighted by Gasteiger charge is 2.25. The molecule has 3 rings (SSSR count). The van der Waals surface area contributed by atoms with E-state index in [1.165, 1.54) is 19.3 Å². The van der Waals surface area contributed by atoms with E-state index < -0.39 is 0 Å². The fourth-order valence-corrected chi connectivity index (χ4v) is 3.14. The Balaban J connectivity index is 1.79. The first-order valence-electron chi connectivity index (χ1n) is 8.05. The molecule has 0 aromatic carbocycles. The van der Waals surface area contributed by atoms with Crippen molar-refractivity contribution in [3.8, 4) is 0 Å². The van der Waals surface area contributed by atoms with E-state index in [2.05, 4.69) is 29.0 Å². The Labute approximate surface area is 126 Å². The molecule has 1 fully saturated rings. The van der Waals surface area contributed by atoms with Crippen molar-refractivity contribution < 1.29 is 4.42 Å². The van der Waals surface area contributed by atoms with Crippen LogP contribution in [-0.2, 0) is 0 Å². The second kappa shape index (κ2) is 6.48. The largest absolute Gasteiger partial charge is 0.464 e. The lowest BCUT2D eigenvalue weighted by molar-refractivity contribution is 0.421. The zero-order valence-corrected chi connectivity index (χ0v) is 13.0. The zero-order valence-electron chi connectivity index (χ0n) is 13.0. The molecular weight excluding hydrogens is 262 g/mol. The molecule has 0 amide bonds. The SMILES string of the molecule is CC(C)CNCC1CCCCN1c1nccc2occc12. The van der Waals surface area contributed by atoms with E-state index in [0.717, 1.165) is 36.4 Å². The number of hydrogen-bond donors (Lipinski definition) is 1. The van der Waals surface area contributed by atoms with Crippen molar-refractivity contribution >= 4 is 16.8 Å². The Morgan fingerprint density at radius 1 is 1.38 bits per heavy atom. The molecule has 2 aromatic heterocycles. The minimum absolute atomic E-state index is 0.533. The molecule has 1 aliphatic heterocycles. The molecule has 4 nitrogen and oxygen atoms in total. The van der Waals surface area contributed by atoms with Gasteiger partial charge in [-0.05, 0) is 43.9 Å². The highest BCUT2D eigenvalue weighted by molar-refractivity contribution is 5.88. The number of furan rings is 1. The number of fused-ring (bicyclic) bond motifs is 1. The maximum Gasteiger partial charge on any atom is 0.139 e. The van der Waals surface area contributed by atoms with E-state index in [1.807, 2.05) is 18.3 Å². The molecule has 0 radical (unpaired) electrons. The summed E-state index contributed by atoms with van der Waals surface area (Å²) in [5, 5.41) is 4.74. The molecule has 21 heavy (non-hydrogen) atoms. The fourth-order valence-electron chi connectivity index (χ4n) is 3.14. The lowest BCUT2D eigenvalue weighted by Crippen LogP contribution is -2.46. The highest BCUT2D eigenvalue weighted by atomic mass is 16.3. The van der Waals surface area contributed by atoms with Gasteiger partial charge in [-0.2, -0.15) is 0 Å². The Kier molecular flexibility index (Phi) is 4.44. The van der Waals surface area contributed by atoms with Crippen LogP contribution in [0.15, 0.2) is 29.0 Å². The van der Waals surface area contributed by atoms with Crippen LogP contribution in [0.2, 0.25) is 0 Å². The maximum absolute atomic E-state index is 5.51. The average Bonchev–Trinajstić information content (AvgIpc) is 2.96. The molecule has 1 unspecified atom stereocenters. The van der Waals surface area contributed by atoms with Gasteiger partial charge in [0, 0.05) is 25.3 Å². The van der Waals surface area contributed by atoms with Crippen LogP contribution in [0, 0.1) is 5.92 Å². The first-order chi connectivity index (χ1) is 10.3. The van der Waals surface area contributed by atoms with Crippen LogP contribution in [0.25, 0.3) is 11.0 Å². The van der Waals surface area contributed by atoms with E-state index in [-0.39, 0.29) is 0 Å². The van der Waals surface area contributed by atoms with Gasteiger partial charge in [-0.1, -0.05) is 13.8 Å². The van der Waals surface area contributed by atoms with E-state index in [0.29, 0.717) is 12.0 Å². The molecule has 3 heterocycles. The molecule has 0 aliphatic carbocycles. The van der Waals surface area contributed by atoms with E-state index in [1.54, 1.807) is 6.26 Å². The molecule has 1 N–H and O–H groups in total. The van der Waals surface area contributed by atoms with Crippen molar-refractivity contribution in [2.45, 2.75) is 39.2 Å². The van der Waals surface area contributed by atoms with Crippen molar-refractivity contribution in [1.82, 2.24) is 10.3 Å². The molecule has 2 aromatic rings. The Hall–Kier alpha value is -1.55. The molecule has 0 bridgehead atoms. The molecular formula is C17H25N3O. The third-order valence-corrected chi connectivity index (χ3v) is 4.19. The number of hydrogen-bond acceptors (Lipinski definition) is 4. The highest BCUT2D eigenvalue weighted by Crippen LogP contribution is 2.30. The van der Waals surface area contributed by atoms with Crippen LogP contribution >= 0.6 is 0 Å². The number of nitrogens with one attached hydrogen (secondary N) is 1. The smallest absolute Gasteiger partial charge is 0.139 e. The van der Waals surface area contributed by atoms with Gasteiger partial charge >= 0.3 is 0 Å². The molecule has 1 saturated heterocycles. The minimum Gasteiger partial charge on any atom is -0.464 e. The fraction of sp³-hybridized carbons (Fsp3) is 0.588. The maximum atomic E-state index is 5.51. The second-order valence-electron chi connectivity index (χ2n) is 6.36. The van der Waals surface area contributed by atoms with E-state index >= 15 is 0 Å². The second-order valence-corrected chi connectivity index (χ2v) is 6.36. The number of nitrogens with zero attached hydrogens (tertiary/aromatic N) is 2. The molecule has 4 heteroatoms. The third kappa shape index (κ3) is 3.21. The van der Waals surface area contributed by atoms with Crippen molar-refractivity contribution in [3.63, 3.8) is 0 Å². The van der Waals surface area contributed by atoms with Gasteiger partial charge < -0.3 is 14.6 Å². The summed E-state index contributed by atoms with van der Waals surface area (Å²) >= 11 is 0. The Morgan fingerprint density at radius 3 is 3.14 bits per heavy atom. The number of pyridine rings is 1. The van der Waals surface area contributed by atoms with E-state index in [9.17, 15) is 0 Å². The van der Waals surface area contributed by atoms with Crippen molar-refractivity contribution in [2.24, 2.45) is 5.92 Å². The van der Waals surface area contributed by atoms with Gasteiger partial charge in [0.05, 0.1) is 11.6 Å². The van der Waals surface area contributed by atoms with Gasteiger partial charge in [0.15, 0.2) is 0 Å². The third-order valence-electron chi connectivity index (χ3n) is 4.19. The zero-order chi connectivity index (χ0) is 14.7. The summed E-state index contributed by atoms with van der Waals surface area (Å²) in [6.07, 6.45) is 7.41. The van der Waals surface area contributed by atoms with Crippen LogP contribution in [-0.4, -0.2) is 30.7 Å². The summed E-state index contributed by atoms with van der Waals surface area (Å²) in [6, 6.07) is 4.50. The normalized spacial score (nSPS) is 19.6. The van der Waals surface area contributed by atoms with Crippen molar-refractivity contribution in [1.29, 1.82) is 0 Å². The number of piperidine rings is 1. The van der Waals surface area contributed by atoms with Crippen molar-refractivity contribution in [3.05, 3.63) is 24.6 Å². The summed E-state index contributed by atoms with van der Waals surface area (Å²) in [6.45, 7) is 7.70. The number of anilines is 1. The number of rotatable bonds is 5. The van der Waals surface area contributed by atoms with Crippen LogP contribution in [0.1, 0.15) is 33.1 Å². The molecule has 1 aliphatic rings. The van der Waals surface area contributed by atoms with Gasteiger partial charge in [-0.3, -0.25) is 0 Å². The van der Waals surface area contributed by atoms with Gasteiger partial charge in [-0.15, -0.1) is 0 Å². The lowest BCUT2D eigenvalue weighted by Gasteiger charge is -2.37. The summed E-state index contributed by atoms with van der Waals surface area (Å²) in [7, 11) is 0. The predicted molar refractivity (Wildman–Crippen MR) is 86.7 cm³/mol. The van der Waals surface area contributed by atoms with Crippen molar-refractivity contribution in [2.75, 3.05) is 24.5 Å². The van der Waals surface area contributed by atoms with Crippen LogP contribution in [0.4, 0.5) is 5.82 Å². The first kappa shape index (κ1) is 14.4. The van der Waals surface area contributed by atoms with Crippen LogP contribution in [0.5, 0.6) is 0 Å². The van der Waals surface area contributed by atoms with Gasteiger partial charge in [0.1, 0.15) is 11.4 Å². The quantitative estimate of drug-likeness (QED) is 0.914. The summed E-state index contributed by atoms with van der Waals surface area (Å²) in [5.74, 6) is 1.77. The van der Waals surface area contributed by atoms with Gasteiger partial charge in [0.25, 0.3) is 0 Å². The number of aromatic nitrogens is 1. The van der Waals surface area contributed by atoms with E-state index in [4.69, 9.17) is 4.42 Å². The minimum atomic E-state index is 0.533. The molecule has 0 saturated carbocycles. The van der Waals surface area contributed by atoms with Crippen LogP contribution in [0.3, 0.4) is 0 Å². The van der Waals surface area contributed by atoms with Gasteiger partial charge in [0.2, 0.25) is 0 Å². The lowest BCUT2D eigenvalue weighted by atomic mass is 10.0. The topological polar surface area (TPSA) is 41.3 Å². The predicted octanol–water partition coefficient (Wildman–Crippen LogP) is 3.43.